The van der Waals surface area contributed by atoms with Crippen LogP contribution in [0, 0.1) is 0 Å². The van der Waals surface area contributed by atoms with Gasteiger partial charge in [0.25, 0.3) is 0 Å². The summed E-state index contributed by atoms with van der Waals surface area (Å²) in [7, 11) is -2.09. The van der Waals surface area contributed by atoms with E-state index in [1.54, 1.807) is 0 Å². The second-order valence-corrected chi connectivity index (χ2v) is 3.36. The van der Waals surface area contributed by atoms with Gasteiger partial charge in [-0.2, -0.15) is 21.0 Å². The molecule has 52 valence electrons. The minimum absolute atomic E-state index is 0.108. The molecular weight excluding hydrogens is 158 g/mol. The van der Waals surface area contributed by atoms with Crippen molar-refractivity contribution in [1.82, 2.24) is 5.32 Å². The molecule has 1 unspecified atom stereocenters. The van der Waals surface area contributed by atoms with Crippen LogP contribution in [-0.2, 0) is 10.3 Å². The molecule has 0 spiro atoms. The van der Waals surface area contributed by atoms with Gasteiger partial charge in [-0.15, -0.1) is 0 Å². The molecule has 1 atom stereocenters. The van der Waals surface area contributed by atoms with Gasteiger partial charge in [0.2, 0.25) is 10.3 Å². The summed E-state index contributed by atoms with van der Waals surface area (Å²) in [6.07, 6.45) is 0.798. The van der Waals surface area contributed by atoms with Crippen LogP contribution in [0.4, 0.5) is 0 Å². The number of rotatable bonds is 0. The van der Waals surface area contributed by atoms with E-state index in [2.05, 4.69) is 17.9 Å². The van der Waals surface area contributed by atoms with Crippen molar-refractivity contribution in [2.75, 3.05) is 6.54 Å². The topological polar surface area (TPSA) is 46.2 Å². The summed E-state index contributed by atoms with van der Waals surface area (Å²) >= 11 is 4.03. The van der Waals surface area contributed by atoms with Gasteiger partial charge in [0.05, 0.1) is 5.25 Å². The molecule has 0 bridgehead atoms. The Labute approximate surface area is 60.4 Å². The average Bonchev–Trinajstić information content (AvgIpc) is 2.13. The molecule has 1 N–H and O–H groups in total. The zero-order valence-electron chi connectivity index (χ0n) is 4.66. The lowest BCUT2D eigenvalue weighted by atomic mass is 10.4. The fourth-order valence-corrected chi connectivity index (χ4v) is 1.79. The second kappa shape index (κ2) is 2.72. The van der Waals surface area contributed by atoms with Crippen LogP contribution in [0.2, 0.25) is 0 Å². The van der Waals surface area contributed by atoms with Crippen LogP contribution in [0.15, 0.2) is 0 Å². The van der Waals surface area contributed by atoms with Gasteiger partial charge in [0.1, 0.15) is 4.99 Å². The lowest BCUT2D eigenvalue weighted by Gasteiger charge is -1.93. The summed E-state index contributed by atoms with van der Waals surface area (Å²) in [6.45, 7) is 0.720. The van der Waals surface area contributed by atoms with Crippen molar-refractivity contribution < 1.29 is 8.42 Å². The van der Waals surface area contributed by atoms with Crippen LogP contribution in [0.25, 0.3) is 0 Å². The Kier molecular flexibility index (Phi) is 2.15. The van der Waals surface area contributed by atoms with Crippen molar-refractivity contribution in [3.63, 3.8) is 0 Å². The molecule has 3 nitrogen and oxygen atoms in total. The fraction of sp³-hybridized carbons (Fsp3) is 0.750. The van der Waals surface area contributed by atoms with Gasteiger partial charge in [-0.1, -0.05) is 0 Å². The molecule has 1 heterocycles. The Bertz CT molecular complexity index is 223. The highest BCUT2D eigenvalue weighted by Gasteiger charge is 2.18. The SMILES string of the molecule is O=S(=O)=C1NCCC1S. The van der Waals surface area contributed by atoms with E-state index < -0.39 is 10.3 Å². The fourth-order valence-electron chi connectivity index (χ4n) is 0.751. The van der Waals surface area contributed by atoms with E-state index in [9.17, 15) is 8.42 Å². The zero-order chi connectivity index (χ0) is 6.85. The average molecular weight is 165 g/mol. The first-order valence-electron chi connectivity index (χ1n) is 2.60. The standard InChI is InChI=1S/C4H7NO2S2/c6-9(7)4-3(8)1-2-5-4/h3,5,8H,1-2H2. The molecule has 1 rings (SSSR count). The van der Waals surface area contributed by atoms with Crippen LogP contribution in [0.3, 0.4) is 0 Å². The van der Waals surface area contributed by atoms with Crippen LogP contribution >= 0.6 is 12.6 Å². The molecule has 0 radical (unpaired) electrons. The van der Waals surface area contributed by atoms with Gasteiger partial charge >= 0.3 is 0 Å². The van der Waals surface area contributed by atoms with Crippen LogP contribution in [0.5, 0.6) is 0 Å². The molecule has 1 fully saturated rings. The smallest absolute Gasteiger partial charge is 0.229 e. The second-order valence-electron chi connectivity index (χ2n) is 1.83. The van der Waals surface area contributed by atoms with E-state index >= 15 is 0 Å². The minimum Gasteiger partial charge on any atom is -0.278 e. The molecule has 0 aromatic heterocycles. The molecule has 0 saturated carbocycles. The molecular formula is C4H7NO2S2. The summed E-state index contributed by atoms with van der Waals surface area (Å²) < 4.78 is 20.5. The molecule has 1 aliphatic heterocycles. The number of hydrogen-bond donors (Lipinski definition) is 2. The Balaban J connectivity index is 2.97. The monoisotopic (exact) mass is 165 g/mol. The van der Waals surface area contributed by atoms with Gasteiger partial charge in [0, 0.05) is 6.54 Å². The Morgan fingerprint density at radius 1 is 1.67 bits per heavy atom. The molecule has 0 amide bonds. The van der Waals surface area contributed by atoms with Gasteiger partial charge in [-0.3, -0.25) is 5.32 Å². The molecule has 1 aliphatic rings. The zero-order valence-corrected chi connectivity index (χ0v) is 6.37. The normalized spacial score (nSPS) is 26.8. The van der Waals surface area contributed by atoms with Gasteiger partial charge < -0.3 is 0 Å². The third-order valence-corrected chi connectivity index (χ3v) is 2.68. The molecule has 0 aromatic carbocycles. The van der Waals surface area contributed by atoms with E-state index in [1.807, 2.05) is 0 Å². The maximum absolute atomic E-state index is 10.3. The van der Waals surface area contributed by atoms with E-state index in [0.717, 1.165) is 13.0 Å². The van der Waals surface area contributed by atoms with E-state index in [-0.39, 0.29) is 5.25 Å². The third kappa shape index (κ3) is 1.47. The van der Waals surface area contributed by atoms with Crippen LogP contribution in [-0.4, -0.2) is 25.2 Å². The lowest BCUT2D eigenvalue weighted by molar-refractivity contribution is 0.626. The first-order chi connectivity index (χ1) is 4.22. The van der Waals surface area contributed by atoms with Crippen molar-refractivity contribution in [3.8, 4) is 0 Å². The molecule has 9 heavy (non-hydrogen) atoms. The highest BCUT2D eigenvalue weighted by Crippen LogP contribution is 2.06. The van der Waals surface area contributed by atoms with E-state index in [0.29, 0.717) is 4.99 Å². The van der Waals surface area contributed by atoms with Crippen molar-refractivity contribution in [2.45, 2.75) is 11.7 Å². The minimum atomic E-state index is -2.09. The summed E-state index contributed by atoms with van der Waals surface area (Å²) in [6, 6.07) is 0. The first kappa shape index (κ1) is 7.11. The van der Waals surface area contributed by atoms with E-state index in [1.165, 1.54) is 0 Å². The number of hydrogen-bond acceptors (Lipinski definition) is 3. The third-order valence-electron chi connectivity index (χ3n) is 1.20. The van der Waals surface area contributed by atoms with Gasteiger partial charge in [0.15, 0.2) is 0 Å². The summed E-state index contributed by atoms with van der Waals surface area (Å²) in [5, 5.41) is 2.63. The Morgan fingerprint density at radius 3 is 2.56 bits per heavy atom. The van der Waals surface area contributed by atoms with Crippen molar-refractivity contribution in [1.29, 1.82) is 0 Å². The van der Waals surface area contributed by atoms with Gasteiger partial charge in [-0.25, -0.2) is 0 Å². The number of nitrogens with one attached hydrogen (secondary N) is 1. The van der Waals surface area contributed by atoms with Crippen LogP contribution < -0.4 is 5.32 Å². The summed E-state index contributed by atoms with van der Waals surface area (Å²) in [5.41, 5.74) is 0. The van der Waals surface area contributed by atoms with Crippen molar-refractivity contribution >= 4 is 27.9 Å². The van der Waals surface area contributed by atoms with Crippen molar-refractivity contribution in [2.24, 2.45) is 0 Å². The van der Waals surface area contributed by atoms with Crippen LogP contribution in [0.1, 0.15) is 6.42 Å². The van der Waals surface area contributed by atoms with E-state index in [4.69, 9.17) is 0 Å². The first-order valence-corrected chi connectivity index (χ1v) is 4.19. The number of thiol groups is 1. The maximum atomic E-state index is 10.3. The van der Waals surface area contributed by atoms with Gasteiger partial charge in [-0.05, 0) is 6.42 Å². The predicted octanol–water partition coefficient (Wildman–Crippen LogP) is -0.713. The maximum Gasteiger partial charge on any atom is 0.229 e. The molecule has 0 aromatic rings. The lowest BCUT2D eigenvalue weighted by Crippen LogP contribution is -2.20. The Morgan fingerprint density at radius 2 is 2.33 bits per heavy atom. The quantitative estimate of drug-likeness (QED) is 0.368. The van der Waals surface area contributed by atoms with Crippen molar-refractivity contribution in [3.05, 3.63) is 0 Å². The molecule has 5 heteroatoms. The highest BCUT2D eigenvalue weighted by atomic mass is 32.2. The highest BCUT2D eigenvalue weighted by molar-refractivity contribution is 7.84. The summed E-state index contributed by atoms with van der Waals surface area (Å²) in [4.78, 5) is 0.332. The predicted molar refractivity (Wildman–Crippen MR) is 39.3 cm³/mol. The molecule has 1 saturated heterocycles. The Hall–Kier alpha value is -0.0000000000000000555. The molecule has 0 aliphatic carbocycles. The largest absolute Gasteiger partial charge is 0.278 e. The summed E-state index contributed by atoms with van der Waals surface area (Å²) in [5.74, 6) is 0.